The van der Waals surface area contributed by atoms with Crippen LogP contribution in [0.15, 0.2) is 18.2 Å². The third-order valence-corrected chi connectivity index (χ3v) is 3.06. The second kappa shape index (κ2) is 6.08. The molecule has 104 valence electrons. The van der Waals surface area contributed by atoms with Crippen molar-refractivity contribution in [1.82, 2.24) is 10.2 Å². The van der Waals surface area contributed by atoms with Gasteiger partial charge >= 0.3 is 0 Å². The Morgan fingerprint density at radius 3 is 2.95 bits per heavy atom. The van der Waals surface area contributed by atoms with E-state index in [4.69, 9.17) is 4.74 Å². The summed E-state index contributed by atoms with van der Waals surface area (Å²) in [5.41, 5.74) is 0.542. The van der Waals surface area contributed by atoms with Crippen molar-refractivity contribution in [2.45, 2.75) is 6.10 Å². The first-order chi connectivity index (χ1) is 9.11. The predicted octanol–water partition coefficient (Wildman–Crippen LogP) is 1.08. The van der Waals surface area contributed by atoms with E-state index in [0.717, 1.165) is 12.1 Å². The number of carbonyl (C=O) groups is 1. The van der Waals surface area contributed by atoms with Crippen molar-refractivity contribution in [2.24, 2.45) is 0 Å². The van der Waals surface area contributed by atoms with E-state index in [0.29, 0.717) is 25.3 Å². The van der Waals surface area contributed by atoms with Crippen molar-refractivity contribution < 1.29 is 18.3 Å². The number of halogens is 2. The maximum atomic E-state index is 13.2. The molecule has 4 nitrogen and oxygen atoms in total. The molecule has 6 heteroatoms. The minimum Gasteiger partial charge on any atom is -0.370 e. The van der Waals surface area contributed by atoms with Crippen LogP contribution in [0.4, 0.5) is 8.78 Å². The fourth-order valence-electron chi connectivity index (χ4n) is 2.05. The van der Waals surface area contributed by atoms with E-state index in [9.17, 15) is 13.6 Å². The number of nitrogens with one attached hydrogen (secondary N) is 1. The number of rotatable bonds is 3. The molecule has 1 saturated heterocycles. The fourth-order valence-corrected chi connectivity index (χ4v) is 2.05. The van der Waals surface area contributed by atoms with Crippen LogP contribution in [-0.2, 0) is 9.53 Å². The molecular weight excluding hydrogens is 254 g/mol. The van der Waals surface area contributed by atoms with Crippen molar-refractivity contribution in [2.75, 3.05) is 33.3 Å². The standard InChI is InChI=1S/C13H16F2N2O2/c1-16-7-13(18)17-4-5-19-12(8-17)9-2-3-10(14)11(15)6-9/h2-3,6,12,16H,4-5,7-8H2,1H3. The first kappa shape index (κ1) is 13.9. The predicted molar refractivity (Wildman–Crippen MR) is 65.6 cm³/mol. The average molecular weight is 270 g/mol. The number of carbonyl (C=O) groups excluding carboxylic acids is 1. The van der Waals surface area contributed by atoms with Crippen LogP contribution in [0.5, 0.6) is 0 Å². The van der Waals surface area contributed by atoms with E-state index < -0.39 is 17.7 Å². The highest BCUT2D eigenvalue weighted by Crippen LogP contribution is 2.23. The minimum absolute atomic E-state index is 0.0293. The lowest BCUT2D eigenvalue weighted by molar-refractivity contribution is -0.137. The zero-order chi connectivity index (χ0) is 13.8. The molecule has 19 heavy (non-hydrogen) atoms. The summed E-state index contributed by atoms with van der Waals surface area (Å²) in [6.07, 6.45) is -0.412. The van der Waals surface area contributed by atoms with Crippen molar-refractivity contribution in [3.8, 4) is 0 Å². The number of ether oxygens (including phenoxy) is 1. The molecule has 0 aliphatic carbocycles. The van der Waals surface area contributed by atoms with E-state index in [2.05, 4.69) is 5.32 Å². The van der Waals surface area contributed by atoms with E-state index in [1.807, 2.05) is 0 Å². The smallest absolute Gasteiger partial charge is 0.236 e. The van der Waals surface area contributed by atoms with Gasteiger partial charge in [0.05, 0.1) is 19.7 Å². The molecule has 1 atom stereocenters. The molecule has 1 unspecified atom stereocenters. The molecule has 1 aliphatic rings. The number of amides is 1. The van der Waals surface area contributed by atoms with Crippen molar-refractivity contribution in [3.63, 3.8) is 0 Å². The SMILES string of the molecule is CNCC(=O)N1CCOC(c2ccc(F)c(F)c2)C1. The quantitative estimate of drug-likeness (QED) is 0.893. The summed E-state index contributed by atoms with van der Waals surface area (Å²) < 4.78 is 31.6. The maximum Gasteiger partial charge on any atom is 0.236 e. The first-order valence-electron chi connectivity index (χ1n) is 6.10. The average Bonchev–Trinajstić information content (AvgIpc) is 2.42. The molecule has 1 heterocycles. The number of hydrogen-bond donors (Lipinski definition) is 1. The molecule has 0 bridgehead atoms. The molecule has 1 N–H and O–H groups in total. The summed E-state index contributed by atoms with van der Waals surface area (Å²) in [5, 5.41) is 2.79. The van der Waals surface area contributed by atoms with Crippen LogP contribution in [0.25, 0.3) is 0 Å². The molecule has 1 aliphatic heterocycles. The lowest BCUT2D eigenvalue weighted by atomic mass is 10.1. The van der Waals surface area contributed by atoms with Gasteiger partial charge in [0.2, 0.25) is 5.91 Å². The number of morpholine rings is 1. The lowest BCUT2D eigenvalue weighted by Crippen LogP contribution is -2.45. The van der Waals surface area contributed by atoms with Gasteiger partial charge in [0, 0.05) is 6.54 Å². The molecule has 0 spiro atoms. The van der Waals surface area contributed by atoms with Crippen LogP contribution in [-0.4, -0.2) is 44.1 Å². The zero-order valence-corrected chi connectivity index (χ0v) is 10.7. The summed E-state index contributed by atoms with van der Waals surface area (Å²) in [6.45, 7) is 1.51. The Kier molecular flexibility index (Phi) is 4.44. The number of hydrogen-bond acceptors (Lipinski definition) is 3. The van der Waals surface area contributed by atoms with E-state index in [1.165, 1.54) is 6.07 Å². The molecule has 1 amide bonds. The monoisotopic (exact) mass is 270 g/mol. The van der Waals surface area contributed by atoms with Crippen molar-refractivity contribution >= 4 is 5.91 Å². The molecule has 0 saturated carbocycles. The second-order valence-corrected chi connectivity index (χ2v) is 4.40. The molecule has 0 aromatic heterocycles. The molecule has 1 aromatic rings. The maximum absolute atomic E-state index is 13.2. The third kappa shape index (κ3) is 3.27. The largest absolute Gasteiger partial charge is 0.370 e. The Balaban J connectivity index is 2.08. The lowest BCUT2D eigenvalue weighted by Gasteiger charge is -2.33. The van der Waals surface area contributed by atoms with Gasteiger partial charge in [-0.3, -0.25) is 4.79 Å². The summed E-state index contributed by atoms with van der Waals surface area (Å²) in [4.78, 5) is 13.4. The Bertz CT molecular complexity index is 468. The minimum atomic E-state index is -0.903. The van der Waals surface area contributed by atoms with Gasteiger partial charge in [0.1, 0.15) is 6.10 Å². The molecule has 1 fully saturated rings. The number of likely N-dealkylation sites (N-methyl/N-ethyl adjacent to an activating group) is 1. The van der Waals surface area contributed by atoms with Crippen molar-refractivity contribution in [3.05, 3.63) is 35.4 Å². The highest BCUT2D eigenvalue weighted by atomic mass is 19.2. The van der Waals surface area contributed by atoms with Crippen molar-refractivity contribution in [1.29, 1.82) is 0 Å². The summed E-state index contributed by atoms with van der Waals surface area (Å²) in [6, 6.07) is 3.67. The van der Waals surface area contributed by atoms with E-state index in [1.54, 1.807) is 11.9 Å². The van der Waals surface area contributed by atoms with Gasteiger partial charge in [0.25, 0.3) is 0 Å². The van der Waals surface area contributed by atoms with Crippen LogP contribution in [0, 0.1) is 11.6 Å². The van der Waals surface area contributed by atoms with Crippen LogP contribution in [0.2, 0.25) is 0 Å². The Morgan fingerprint density at radius 1 is 1.47 bits per heavy atom. The van der Waals surface area contributed by atoms with Crippen LogP contribution < -0.4 is 5.32 Å². The number of nitrogens with zero attached hydrogens (tertiary/aromatic N) is 1. The van der Waals surface area contributed by atoms with Gasteiger partial charge < -0.3 is 15.0 Å². The summed E-state index contributed by atoms with van der Waals surface area (Å²) in [5.74, 6) is -1.82. The fraction of sp³-hybridized carbons (Fsp3) is 0.462. The van der Waals surface area contributed by atoms with Gasteiger partial charge in [-0.1, -0.05) is 6.07 Å². The molecular formula is C13H16F2N2O2. The highest BCUT2D eigenvalue weighted by molar-refractivity contribution is 5.78. The van der Waals surface area contributed by atoms with E-state index in [-0.39, 0.29) is 12.5 Å². The van der Waals surface area contributed by atoms with Gasteiger partial charge in [-0.05, 0) is 24.7 Å². The Labute approximate surface area is 110 Å². The summed E-state index contributed by atoms with van der Waals surface area (Å²) >= 11 is 0. The summed E-state index contributed by atoms with van der Waals surface area (Å²) in [7, 11) is 1.70. The first-order valence-corrected chi connectivity index (χ1v) is 6.10. The molecule has 1 aromatic carbocycles. The van der Waals surface area contributed by atoms with Gasteiger partial charge in [0.15, 0.2) is 11.6 Å². The van der Waals surface area contributed by atoms with Gasteiger partial charge in [-0.2, -0.15) is 0 Å². The van der Waals surface area contributed by atoms with Crippen LogP contribution >= 0.6 is 0 Å². The second-order valence-electron chi connectivity index (χ2n) is 4.40. The van der Waals surface area contributed by atoms with E-state index >= 15 is 0 Å². The molecule has 0 radical (unpaired) electrons. The Morgan fingerprint density at radius 2 is 2.26 bits per heavy atom. The van der Waals surface area contributed by atoms with Gasteiger partial charge in [-0.25, -0.2) is 8.78 Å². The van der Waals surface area contributed by atoms with Crippen LogP contribution in [0.1, 0.15) is 11.7 Å². The third-order valence-electron chi connectivity index (χ3n) is 3.06. The number of benzene rings is 1. The highest BCUT2D eigenvalue weighted by Gasteiger charge is 2.25. The van der Waals surface area contributed by atoms with Crippen LogP contribution in [0.3, 0.4) is 0 Å². The van der Waals surface area contributed by atoms with Gasteiger partial charge in [-0.15, -0.1) is 0 Å². The normalized spacial score (nSPS) is 19.5. The topological polar surface area (TPSA) is 41.6 Å². The zero-order valence-electron chi connectivity index (χ0n) is 10.7. The Hall–Kier alpha value is -1.53. The molecule has 2 rings (SSSR count).